The van der Waals surface area contributed by atoms with E-state index in [2.05, 4.69) is 19.2 Å². The third-order valence-electron chi connectivity index (χ3n) is 17.2. The predicted molar refractivity (Wildman–Crippen MR) is 338 cm³/mol. The fourth-order valence-electron chi connectivity index (χ4n) is 11.7. The summed E-state index contributed by atoms with van der Waals surface area (Å²) in [7, 11) is 0. The molecule has 77 heavy (non-hydrogen) atoms. The zero-order valence-electron chi connectivity index (χ0n) is 52.7. The largest absolute Gasteiger partial charge is 0.466 e. The molecule has 460 valence electrons. The number of carbonyl (C=O) groups is 2. The van der Waals surface area contributed by atoms with Gasteiger partial charge < -0.3 is 20.3 Å². The number of carbonyl (C=O) groups excluding carboxylic acids is 2. The first-order chi connectivity index (χ1) is 38.0. The van der Waals surface area contributed by atoms with Gasteiger partial charge in [0.2, 0.25) is 5.91 Å². The van der Waals surface area contributed by atoms with E-state index in [9.17, 15) is 19.8 Å². The number of hydrogen-bond donors (Lipinski definition) is 3. The number of ether oxygens (including phenoxy) is 1. The second-order valence-electron chi connectivity index (χ2n) is 24.9. The predicted octanol–water partition coefficient (Wildman–Crippen LogP) is 23.0. The van der Waals surface area contributed by atoms with Gasteiger partial charge in [-0.1, -0.05) is 380 Å². The molecule has 0 saturated carbocycles. The zero-order chi connectivity index (χ0) is 55.7. The fraction of sp³-hybridized carbons (Fsp3) is 0.972. The van der Waals surface area contributed by atoms with Crippen LogP contribution in [0, 0.1) is 0 Å². The van der Waals surface area contributed by atoms with Gasteiger partial charge >= 0.3 is 5.97 Å². The summed E-state index contributed by atoms with van der Waals surface area (Å²) in [6, 6.07) is -0.541. The van der Waals surface area contributed by atoms with Crippen molar-refractivity contribution in [2.45, 2.75) is 431 Å². The van der Waals surface area contributed by atoms with Crippen LogP contribution in [0.4, 0.5) is 0 Å². The number of hydrogen-bond acceptors (Lipinski definition) is 5. The summed E-state index contributed by atoms with van der Waals surface area (Å²) >= 11 is 0. The fourth-order valence-corrected chi connectivity index (χ4v) is 11.7. The van der Waals surface area contributed by atoms with Crippen molar-refractivity contribution in [2.24, 2.45) is 0 Å². The summed E-state index contributed by atoms with van der Waals surface area (Å²) in [6.07, 6.45) is 81.5. The van der Waals surface area contributed by atoms with Gasteiger partial charge in [0, 0.05) is 12.8 Å². The van der Waals surface area contributed by atoms with Gasteiger partial charge in [-0.15, -0.1) is 0 Å². The third kappa shape index (κ3) is 63.9. The van der Waals surface area contributed by atoms with E-state index in [0.717, 1.165) is 38.5 Å². The molecule has 0 aromatic rings. The molecule has 0 aromatic carbocycles. The second-order valence-corrected chi connectivity index (χ2v) is 24.9. The highest BCUT2D eigenvalue weighted by molar-refractivity contribution is 5.76. The van der Waals surface area contributed by atoms with Crippen molar-refractivity contribution in [2.75, 3.05) is 13.2 Å². The van der Waals surface area contributed by atoms with Gasteiger partial charge in [-0.2, -0.15) is 0 Å². The van der Waals surface area contributed by atoms with Crippen molar-refractivity contribution in [3.8, 4) is 0 Å². The maximum Gasteiger partial charge on any atom is 0.305 e. The summed E-state index contributed by atoms with van der Waals surface area (Å²) in [4.78, 5) is 24.6. The molecule has 0 aliphatic heterocycles. The average molecular weight is 1090 g/mol. The SMILES string of the molecule is CCCCCCCCCCCCCCCCCCCCCCC(O)C(CO)NC(=O)CCCCCCCCCCCCCCCCCCCCCCCCCOC(=O)CCCCCCCCCCCCCCCCCCC. The topological polar surface area (TPSA) is 95.9 Å². The summed E-state index contributed by atoms with van der Waals surface area (Å²) < 4.78 is 5.51. The lowest BCUT2D eigenvalue weighted by Gasteiger charge is -2.22. The van der Waals surface area contributed by atoms with E-state index < -0.39 is 12.1 Å². The second kappa shape index (κ2) is 67.4. The number of aliphatic hydroxyl groups is 2. The molecule has 0 aromatic heterocycles. The summed E-state index contributed by atoms with van der Waals surface area (Å²) in [5, 5.41) is 23.4. The average Bonchev–Trinajstić information content (AvgIpc) is 3.43. The smallest absolute Gasteiger partial charge is 0.305 e. The first-order valence-corrected chi connectivity index (χ1v) is 35.8. The minimum atomic E-state index is -0.664. The molecular weight excluding hydrogens is 947 g/mol. The van der Waals surface area contributed by atoms with E-state index in [1.807, 2.05) is 0 Å². The number of rotatable bonds is 68. The Morgan fingerprint density at radius 1 is 0.312 bits per heavy atom. The van der Waals surface area contributed by atoms with Gasteiger partial charge in [0.05, 0.1) is 25.4 Å². The molecule has 0 bridgehead atoms. The lowest BCUT2D eigenvalue weighted by Crippen LogP contribution is -2.45. The van der Waals surface area contributed by atoms with E-state index >= 15 is 0 Å². The van der Waals surface area contributed by atoms with Crippen LogP contribution in [0.5, 0.6) is 0 Å². The van der Waals surface area contributed by atoms with Gasteiger partial charge in [-0.05, 0) is 25.7 Å². The highest BCUT2D eigenvalue weighted by atomic mass is 16.5. The maximum atomic E-state index is 12.5. The molecule has 2 atom stereocenters. The molecule has 6 heteroatoms. The first kappa shape index (κ1) is 75.9. The van der Waals surface area contributed by atoms with Crippen LogP contribution in [0.25, 0.3) is 0 Å². The van der Waals surface area contributed by atoms with Gasteiger partial charge in [-0.3, -0.25) is 9.59 Å². The number of unbranched alkanes of at least 4 members (excludes halogenated alkanes) is 57. The van der Waals surface area contributed by atoms with Crippen LogP contribution < -0.4 is 5.32 Å². The van der Waals surface area contributed by atoms with Crippen LogP contribution in [0.3, 0.4) is 0 Å². The summed E-state index contributed by atoms with van der Waals surface area (Å²) in [5.74, 6) is -0.00910. The Kier molecular flexibility index (Phi) is 66.4. The Morgan fingerprint density at radius 2 is 0.532 bits per heavy atom. The van der Waals surface area contributed by atoms with Crippen molar-refractivity contribution < 1.29 is 24.5 Å². The van der Waals surface area contributed by atoms with Crippen LogP contribution in [0.1, 0.15) is 418 Å². The number of nitrogens with one attached hydrogen (secondary N) is 1. The number of aliphatic hydroxyl groups excluding tert-OH is 2. The molecule has 0 rings (SSSR count). The molecule has 2 unspecified atom stereocenters. The molecule has 1 amide bonds. The molecule has 3 N–H and O–H groups in total. The Bertz CT molecular complexity index is 1120. The molecule has 0 saturated heterocycles. The van der Waals surface area contributed by atoms with Crippen LogP contribution in [-0.2, 0) is 14.3 Å². The van der Waals surface area contributed by atoms with Crippen molar-refractivity contribution in [1.29, 1.82) is 0 Å². The molecule has 0 heterocycles. The number of amides is 1. The number of esters is 1. The Labute approximate surface area is 483 Å². The quantitative estimate of drug-likeness (QED) is 0.0417. The van der Waals surface area contributed by atoms with Crippen molar-refractivity contribution in [1.82, 2.24) is 5.32 Å². The van der Waals surface area contributed by atoms with Crippen LogP contribution in [0.2, 0.25) is 0 Å². The molecule has 0 aliphatic carbocycles. The van der Waals surface area contributed by atoms with Crippen molar-refractivity contribution in [3.63, 3.8) is 0 Å². The standard InChI is InChI=1S/C71H141NO5/c1-3-5-7-9-11-13-15-17-19-21-22-28-32-35-39-43-47-51-55-59-63-69(74)68(67-73)72-70(75)64-60-56-52-48-44-40-36-33-29-26-24-23-25-27-30-34-38-42-46-50-54-58-62-66-77-71(76)65-61-57-53-49-45-41-37-31-20-18-16-14-12-10-8-6-4-2/h68-69,73-74H,3-67H2,1-2H3,(H,72,75). The van der Waals surface area contributed by atoms with Crippen molar-refractivity contribution >= 4 is 11.9 Å². The van der Waals surface area contributed by atoms with Gasteiger partial charge in [0.15, 0.2) is 0 Å². The summed E-state index contributed by atoms with van der Waals surface area (Å²) in [5.41, 5.74) is 0. The van der Waals surface area contributed by atoms with E-state index in [0.29, 0.717) is 25.9 Å². The first-order valence-electron chi connectivity index (χ1n) is 35.8. The molecule has 0 aliphatic rings. The Balaban J connectivity index is 3.35. The van der Waals surface area contributed by atoms with Crippen LogP contribution >= 0.6 is 0 Å². The van der Waals surface area contributed by atoms with Gasteiger partial charge in [0.25, 0.3) is 0 Å². The molecular formula is C71H141NO5. The van der Waals surface area contributed by atoms with Crippen LogP contribution in [-0.4, -0.2) is 47.4 Å². The lowest BCUT2D eigenvalue weighted by molar-refractivity contribution is -0.143. The van der Waals surface area contributed by atoms with Gasteiger partial charge in [0.1, 0.15) is 0 Å². The highest BCUT2D eigenvalue weighted by Gasteiger charge is 2.20. The highest BCUT2D eigenvalue weighted by Crippen LogP contribution is 2.20. The maximum absolute atomic E-state index is 12.5. The normalized spacial score (nSPS) is 12.4. The van der Waals surface area contributed by atoms with E-state index in [1.54, 1.807) is 0 Å². The molecule has 0 spiro atoms. The zero-order valence-corrected chi connectivity index (χ0v) is 52.7. The van der Waals surface area contributed by atoms with Crippen LogP contribution in [0.15, 0.2) is 0 Å². The minimum Gasteiger partial charge on any atom is -0.466 e. The Hall–Kier alpha value is -1.14. The minimum absolute atomic E-state index is 0.0200. The van der Waals surface area contributed by atoms with Gasteiger partial charge in [-0.25, -0.2) is 0 Å². The molecule has 6 nitrogen and oxygen atoms in total. The lowest BCUT2D eigenvalue weighted by atomic mass is 10.0. The monoisotopic (exact) mass is 1090 g/mol. The molecule has 0 fully saturated rings. The van der Waals surface area contributed by atoms with E-state index in [-0.39, 0.29) is 18.5 Å². The summed E-state index contributed by atoms with van der Waals surface area (Å²) in [6.45, 7) is 5.01. The Morgan fingerprint density at radius 3 is 0.792 bits per heavy atom. The molecule has 0 radical (unpaired) electrons. The third-order valence-corrected chi connectivity index (χ3v) is 17.2. The van der Waals surface area contributed by atoms with Crippen molar-refractivity contribution in [3.05, 3.63) is 0 Å². The van der Waals surface area contributed by atoms with E-state index in [1.165, 1.54) is 347 Å². The van der Waals surface area contributed by atoms with E-state index in [4.69, 9.17) is 4.74 Å².